The van der Waals surface area contributed by atoms with Gasteiger partial charge in [-0.15, -0.1) is 0 Å². The van der Waals surface area contributed by atoms with Gasteiger partial charge in [-0.3, -0.25) is 0 Å². The van der Waals surface area contributed by atoms with Crippen molar-refractivity contribution in [2.75, 3.05) is 0 Å². The standard InChI is InChI=1S/C12H20O4/c1-2-3-9-11(13)15-16-12(14)10-7-5-4-6-8-10/h10H,2-9H2,1H3. The van der Waals surface area contributed by atoms with Gasteiger partial charge in [-0.05, 0) is 19.3 Å². The molecule has 1 aliphatic rings. The van der Waals surface area contributed by atoms with Gasteiger partial charge in [0.2, 0.25) is 0 Å². The van der Waals surface area contributed by atoms with Crippen molar-refractivity contribution < 1.29 is 19.4 Å². The van der Waals surface area contributed by atoms with Crippen molar-refractivity contribution in [3.8, 4) is 0 Å². The third kappa shape index (κ3) is 4.64. The molecule has 0 aromatic carbocycles. The lowest BCUT2D eigenvalue weighted by Gasteiger charge is -2.18. The molecular formula is C12H20O4. The van der Waals surface area contributed by atoms with Crippen molar-refractivity contribution in [3.05, 3.63) is 0 Å². The molecule has 0 aromatic rings. The first-order valence-corrected chi connectivity index (χ1v) is 6.15. The first kappa shape index (κ1) is 13.0. The third-order valence-electron chi connectivity index (χ3n) is 2.89. The molecule has 0 spiro atoms. The lowest BCUT2D eigenvalue weighted by molar-refractivity contribution is -0.262. The van der Waals surface area contributed by atoms with Crippen LogP contribution in [0.4, 0.5) is 0 Å². The first-order valence-electron chi connectivity index (χ1n) is 6.15. The van der Waals surface area contributed by atoms with E-state index < -0.39 is 5.97 Å². The van der Waals surface area contributed by atoms with Gasteiger partial charge in [-0.25, -0.2) is 19.4 Å². The van der Waals surface area contributed by atoms with E-state index in [1.54, 1.807) is 0 Å². The summed E-state index contributed by atoms with van der Waals surface area (Å²) in [5.74, 6) is -0.914. The van der Waals surface area contributed by atoms with Crippen LogP contribution in [0.25, 0.3) is 0 Å². The second kappa shape index (κ2) is 7.25. The molecule has 1 saturated carbocycles. The molecule has 4 nitrogen and oxygen atoms in total. The van der Waals surface area contributed by atoms with Gasteiger partial charge < -0.3 is 0 Å². The summed E-state index contributed by atoms with van der Waals surface area (Å²) >= 11 is 0. The van der Waals surface area contributed by atoms with Gasteiger partial charge in [0.1, 0.15) is 0 Å². The zero-order chi connectivity index (χ0) is 11.8. The summed E-state index contributed by atoms with van der Waals surface area (Å²) in [5.41, 5.74) is 0. The second-order valence-electron chi connectivity index (χ2n) is 4.30. The zero-order valence-electron chi connectivity index (χ0n) is 9.87. The smallest absolute Gasteiger partial charge is 0.247 e. The zero-order valence-corrected chi connectivity index (χ0v) is 9.87. The second-order valence-corrected chi connectivity index (χ2v) is 4.30. The third-order valence-corrected chi connectivity index (χ3v) is 2.89. The Hall–Kier alpha value is -1.06. The van der Waals surface area contributed by atoms with Gasteiger partial charge in [0.25, 0.3) is 0 Å². The molecule has 0 aliphatic heterocycles. The minimum Gasteiger partial charge on any atom is -0.247 e. The molecule has 0 radical (unpaired) electrons. The molecule has 92 valence electrons. The van der Waals surface area contributed by atoms with E-state index in [-0.39, 0.29) is 11.9 Å². The lowest BCUT2D eigenvalue weighted by Crippen LogP contribution is -2.22. The van der Waals surface area contributed by atoms with Gasteiger partial charge in [0.15, 0.2) is 0 Å². The molecule has 0 bridgehead atoms. The molecule has 0 heterocycles. The highest BCUT2D eigenvalue weighted by molar-refractivity contribution is 5.74. The predicted octanol–water partition coefficient (Wildman–Crippen LogP) is 2.76. The highest BCUT2D eigenvalue weighted by atomic mass is 17.2. The van der Waals surface area contributed by atoms with Gasteiger partial charge in [-0.2, -0.15) is 0 Å². The molecule has 1 rings (SSSR count). The Balaban J connectivity index is 2.15. The van der Waals surface area contributed by atoms with Crippen LogP contribution in [0.1, 0.15) is 58.3 Å². The minimum absolute atomic E-state index is 0.0762. The lowest BCUT2D eigenvalue weighted by atomic mass is 9.89. The number of carbonyl (C=O) groups is 2. The largest absolute Gasteiger partial charge is 0.358 e. The van der Waals surface area contributed by atoms with E-state index in [2.05, 4.69) is 9.78 Å². The van der Waals surface area contributed by atoms with Gasteiger partial charge in [0.05, 0.1) is 12.3 Å². The fourth-order valence-corrected chi connectivity index (χ4v) is 1.86. The maximum atomic E-state index is 11.5. The van der Waals surface area contributed by atoms with E-state index in [9.17, 15) is 9.59 Å². The van der Waals surface area contributed by atoms with E-state index in [1.165, 1.54) is 6.42 Å². The number of rotatable bonds is 4. The van der Waals surface area contributed by atoms with Gasteiger partial charge in [-0.1, -0.05) is 32.6 Å². The average Bonchev–Trinajstić information content (AvgIpc) is 2.34. The van der Waals surface area contributed by atoms with Crippen molar-refractivity contribution in [3.63, 3.8) is 0 Å². The van der Waals surface area contributed by atoms with Crippen molar-refractivity contribution >= 4 is 11.9 Å². The van der Waals surface area contributed by atoms with Crippen LogP contribution < -0.4 is 0 Å². The molecule has 0 amide bonds. The van der Waals surface area contributed by atoms with E-state index >= 15 is 0 Å². The molecule has 16 heavy (non-hydrogen) atoms. The maximum absolute atomic E-state index is 11.5. The van der Waals surface area contributed by atoms with E-state index in [0.717, 1.165) is 38.5 Å². The van der Waals surface area contributed by atoms with Crippen molar-refractivity contribution in [1.82, 2.24) is 0 Å². The van der Waals surface area contributed by atoms with Crippen LogP contribution in [0.5, 0.6) is 0 Å². The van der Waals surface area contributed by atoms with Gasteiger partial charge >= 0.3 is 11.9 Å². The predicted molar refractivity (Wildman–Crippen MR) is 58.3 cm³/mol. The number of hydrogen-bond donors (Lipinski definition) is 0. The highest BCUT2D eigenvalue weighted by Crippen LogP contribution is 2.24. The van der Waals surface area contributed by atoms with Crippen LogP contribution in [0.3, 0.4) is 0 Å². The van der Waals surface area contributed by atoms with Crippen LogP contribution in [-0.2, 0) is 19.4 Å². The molecule has 0 aromatic heterocycles. The Labute approximate surface area is 96.2 Å². The molecule has 0 saturated heterocycles. The minimum atomic E-state index is -0.453. The van der Waals surface area contributed by atoms with Crippen LogP contribution in [0.15, 0.2) is 0 Å². The van der Waals surface area contributed by atoms with E-state index in [1.807, 2.05) is 6.92 Å². The summed E-state index contributed by atoms with van der Waals surface area (Å²) in [6.07, 6.45) is 7.00. The monoisotopic (exact) mass is 228 g/mol. The summed E-state index contributed by atoms with van der Waals surface area (Å²) in [7, 11) is 0. The van der Waals surface area contributed by atoms with E-state index in [0.29, 0.717) is 6.42 Å². The fraction of sp³-hybridized carbons (Fsp3) is 0.833. The summed E-state index contributed by atoms with van der Waals surface area (Å²) in [6.45, 7) is 1.99. The molecule has 0 atom stereocenters. The normalized spacial score (nSPS) is 16.8. The molecule has 4 heteroatoms. The summed E-state index contributed by atoms with van der Waals surface area (Å²) in [4.78, 5) is 31.6. The molecule has 1 fully saturated rings. The number of hydrogen-bond acceptors (Lipinski definition) is 4. The van der Waals surface area contributed by atoms with Crippen LogP contribution in [0, 0.1) is 5.92 Å². The molecular weight excluding hydrogens is 208 g/mol. The number of carbonyl (C=O) groups excluding carboxylic acids is 2. The Bertz CT molecular complexity index is 231. The molecule has 1 aliphatic carbocycles. The summed E-state index contributed by atoms with van der Waals surface area (Å²) in [6, 6.07) is 0. The molecule has 0 unspecified atom stereocenters. The maximum Gasteiger partial charge on any atom is 0.358 e. The van der Waals surface area contributed by atoms with Crippen molar-refractivity contribution in [1.29, 1.82) is 0 Å². The highest BCUT2D eigenvalue weighted by Gasteiger charge is 2.24. The van der Waals surface area contributed by atoms with Crippen molar-refractivity contribution in [2.45, 2.75) is 58.3 Å². The Morgan fingerprint density at radius 3 is 2.44 bits per heavy atom. The SMILES string of the molecule is CCCCC(=O)OOC(=O)C1CCCCC1. The van der Waals surface area contributed by atoms with Gasteiger partial charge in [0, 0.05) is 0 Å². The Morgan fingerprint density at radius 1 is 1.12 bits per heavy atom. The van der Waals surface area contributed by atoms with Crippen LogP contribution in [-0.4, -0.2) is 11.9 Å². The quantitative estimate of drug-likeness (QED) is 0.548. The van der Waals surface area contributed by atoms with E-state index in [4.69, 9.17) is 0 Å². The Morgan fingerprint density at radius 2 is 1.81 bits per heavy atom. The summed E-state index contributed by atoms with van der Waals surface area (Å²) < 4.78 is 0. The summed E-state index contributed by atoms with van der Waals surface area (Å²) in [5, 5.41) is 0. The van der Waals surface area contributed by atoms with Crippen LogP contribution in [0.2, 0.25) is 0 Å². The topological polar surface area (TPSA) is 52.6 Å². The fourth-order valence-electron chi connectivity index (χ4n) is 1.86. The molecule has 0 N–H and O–H groups in total. The Kier molecular flexibility index (Phi) is 5.90. The van der Waals surface area contributed by atoms with Crippen LogP contribution >= 0.6 is 0 Å². The first-order chi connectivity index (χ1) is 7.74. The van der Waals surface area contributed by atoms with Crippen molar-refractivity contribution in [2.24, 2.45) is 5.92 Å². The number of unbranched alkanes of at least 4 members (excludes halogenated alkanes) is 1. The average molecular weight is 228 g/mol.